The van der Waals surface area contributed by atoms with E-state index in [1.54, 1.807) is 6.92 Å². The van der Waals surface area contributed by atoms with Crippen molar-refractivity contribution < 1.29 is 45.4 Å². The number of nitrogens with one attached hydrogen (secondary N) is 1. The lowest BCUT2D eigenvalue weighted by Crippen LogP contribution is -2.42. The van der Waals surface area contributed by atoms with E-state index in [-0.39, 0.29) is 56.1 Å². The molecule has 2 N–H and O–H groups in total. The molecule has 290 valence electrons. The molecule has 0 radical (unpaired) electrons. The Kier molecular flexibility index (Phi) is 13.5. The van der Waals surface area contributed by atoms with E-state index in [1.807, 2.05) is 26.0 Å². The Bertz CT molecular complexity index is 1930. The lowest BCUT2D eigenvalue weighted by molar-refractivity contribution is -0.137. The fourth-order valence-electron chi connectivity index (χ4n) is 5.37. The Morgan fingerprint density at radius 2 is 1.19 bits per heavy atom. The van der Waals surface area contributed by atoms with Crippen LogP contribution in [0.1, 0.15) is 47.9 Å². The van der Waals surface area contributed by atoms with E-state index in [1.165, 1.54) is 40.6 Å². The molecule has 0 aliphatic carbocycles. The predicted molar refractivity (Wildman–Crippen MR) is 186 cm³/mol. The summed E-state index contributed by atoms with van der Waals surface area (Å²) < 4.78 is 91.4. The number of hydrogen-bond donors (Lipinski definition) is 2. The fourth-order valence-corrected chi connectivity index (χ4v) is 5.37. The minimum Gasteiger partial charge on any atom is -0.478 e. The Morgan fingerprint density at radius 3 is 1.65 bits per heavy atom. The monoisotopic (exact) mass is 764 g/mol. The van der Waals surface area contributed by atoms with E-state index >= 15 is 0 Å². The van der Waals surface area contributed by atoms with Gasteiger partial charge in [0.25, 0.3) is 11.8 Å². The van der Waals surface area contributed by atoms with Crippen molar-refractivity contribution in [1.29, 1.82) is 0 Å². The number of nitrogens with zero attached hydrogens (tertiary/aromatic N) is 7. The van der Waals surface area contributed by atoms with Gasteiger partial charge in [0.05, 0.1) is 5.56 Å². The van der Waals surface area contributed by atoms with Crippen molar-refractivity contribution in [3.8, 4) is 22.8 Å². The van der Waals surface area contributed by atoms with Gasteiger partial charge in [-0.1, -0.05) is 17.2 Å². The van der Waals surface area contributed by atoms with Gasteiger partial charge in [-0.2, -0.15) is 13.2 Å². The number of benzene rings is 2. The van der Waals surface area contributed by atoms with Crippen LogP contribution in [0.5, 0.6) is 0 Å². The summed E-state index contributed by atoms with van der Waals surface area (Å²) in [5.74, 6) is -5.85. The van der Waals surface area contributed by atoms with Crippen LogP contribution in [-0.2, 0) is 15.8 Å². The number of carboxylic acid groups (broad SMARTS) is 1. The normalized spacial score (nSPS) is 16.7. The number of carbonyl (C=O) groups excluding carboxylic acids is 1. The van der Waals surface area contributed by atoms with Gasteiger partial charge in [0, 0.05) is 87.5 Å². The number of rotatable bonds is 6. The third-order valence-corrected chi connectivity index (χ3v) is 8.04. The Morgan fingerprint density at radius 1 is 0.722 bits per heavy atom. The van der Waals surface area contributed by atoms with E-state index in [0.29, 0.717) is 24.5 Å². The smallest absolute Gasteiger partial charge is 0.416 e. The third kappa shape index (κ3) is 12.9. The van der Waals surface area contributed by atoms with Crippen molar-refractivity contribution >= 4 is 24.3 Å². The highest BCUT2D eigenvalue weighted by atomic mass is 19.4. The van der Waals surface area contributed by atoms with E-state index < -0.39 is 29.6 Å². The number of amides is 1. The first-order chi connectivity index (χ1) is 25.3. The van der Waals surface area contributed by atoms with E-state index in [9.17, 15) is 40.3 Å². The predicted octanol–water partition coefficient (Wildman–Crippen LogP) is 7.12. The molecule has 4 heterocycles. The standard InChI is InChI=1S/C18H20F2N4O.C13H10F3N3O2.C5H9F2N/c1-13-9-14(2)11-15(10-13)17-21-12-24(22-17)6-3-16(25)23-7-4-18(19,20)5-8-23;1-8-4-9(6-10(5-8)13(14,15)16)12-17-7-19(18-12)3-2-11(20)21;6-5(7)1-3-8-4-2-5/h3,6,9-12H,4-5,7-8H2,1-2H3;2-7H,1H3,(H,20,21);8H,1-4H2/b6-3-;3-2-;. The summed E-state index contributed by atoms with van der Waals surface area (Å²) in [6.07, 6.45) is 2.53. The van der Waals surface area contributed by atoms with Crippen LogP contribution < -0.4 is 5.32 Å². The summed E-state index contributed by atoms with van der Waals surface area (Å²) in [6, 6.07) is 9.57. The molecule has 1 amide bonds. The first kappa shape index (κ1) is 41.4. The van der Waals surface area contributed by atoms with E-state index in [0.717, 1.165) is 45.8 Å². The van der Waals surface area contributed by atoms with Gasteiger partial charge in [-0.3, -0.25) is 4.79 Å². The molecule has 2 aromatic carbocycles. The number of hydrogen-bond acceptors (Lipinski definition) is 7. The maximum Gasteiger partial charge on any atom is 0.416 e. The largest absolute Gasteiger partial charge is 0.478 e. The summed E-state index contributed by atoms with van der Waals surface area (Å²) in [5.41, 5.74) is 3.02. The molecule has 11 nitrogen and oxygen atoms in total. The molecule has 2 saturated heterocycles. The second kappa shape index (κ2) is 17.6. The molecule has 6 rings (SSSR count). The van der Waals surface area contributed by atoms with Crippen molar-refractivity contribution in [1.82, 2.24) is 39.7 Å². The lowest BCUT2D eigenvalue weighted by Gasteiger charge is -2.30. The molecule has 0 unspecified atom stereocenters. The Labute approximate surface area is 306 Å². The molecular formula is C36H39F7N8O3. The zero-order chi connectivity index (χ0) is 39.7. The number of carboxylic acids is 1. The zero-order valence-electron chi connectivity index (χ0n) is 29.6. The molecular weight excluding hydrogens is 725 g/mol. The third-order valence-electron chi connectivity index (χ3n) is 8.04. The van der Waals surface area contributed by atoms with Gasteiger partial charge in [-0.05, 0) is 56.7 Å². The molecule has 0 saturated carbocycles. The van der Waals surface area contributed by atoms with Crippen LogP contribution in [-0.4, -0.2) is 89.4 Å². The second-order valence-electron chi connectivity index (χ2n) is 12.8. The van der Waals surface area contributed by atoms with Crippen molar-refractivity contribution in [2.75, 3.05) is 26.2 Å². The topological polar surface area (TPSA) is 131 Å². The van der Waals surface area contributed by atoms with Crippen molar-refractivity contribution in [3.05, 3.63) is 83.5 Å². The van der Waals surface area contributed by atoms with E-state index in [2.05, 4.69) is 31.5 Å². The highest BCUT2D eigenvalue weighted by Crippen LogP contribution is 2.33. The summed E-state index contributed by atoms with van der Waals surface area (Å²) >= 11 is 0. The van der Waals surface area contributed by atoms with Crippen LogP contribution in [0.3, 0.4) is 0 Å². The summed E-state index contributed by atoms with van der Waals surface area (Å²) in [4.78, 5) is 32.0. The highest BCUT2D eigenvalue weighted by molar-refractivity contribution is 5.90. The number of aromatic nitrogens is 6. The van der Waals surface area contributed by atoms with Gasteiger partial charge in [-0.25, -0.2) is 41.7 Å². The summed E-state index contributed by atoms with van der Waals surface area (Å²) in [5, 5.41) is 19.6. The van der Waals surface area contributed by atoms with Crippen LogP contribution >= 0.6 is 0 Å². The molecule has 0 atom stereocenters. The minimum absolute atomic E-state index is 0.00694. The Hall–Kier alpha value is -5.39. The van der Waals surface area contributed by atoms with Gasteiger partial charge in [0.2, 0.25) is 5.91 Å². The van der Waals surface area contributed by atoms with Crippen LogP contribution in [0.15, 0.2) is 61.2 Å². The Balaban J connectivity index is 0.000000202. The van der Waals surface area contributed by atoms with Gasteiger partial charge in [0.1, 0.15) is 12.7 Å². The molecule has 54 heavy (non-hydrogen) atoms. The molecule has 0 bridgehead atoms. The van der Waals surface area contributed by atoms with Crippen LogP contribution in [0, 0.1) is 20.8 Å². The van der Waals surface area contributed by atoms with Crippen molar-refractivity contribution in [2.24, 2.45) is 0 Å². The first-order valence-electron chi connectivity index (χ1n) is 16.7. The molecule has 2 aliphatic rings. The SMILES string of the molecule is Cc1cc(-c2ncn(/C=C\C(=O)O)n2)cc(C(F)(F)F)c1.Cc1cc(C)cc(-c2ncn(/C=C\C(=O)N3CCC(F)(F)CC3)n2)c1.FC1(F)CCNCC1. The highest BCUT2D eigenvalue weighted by Gasteiger charge is 2.35. The number of aliphatic carboxylic acids is 1. The molecule has 0 spiro atoms. The number of halogens is 7. The summed E-state index contributed by atoms with van der Waals surface area (Å²) in [6.45, 7) is 6.63. The van der Waals surface area contributed by atoms with Crippen LogP contribution in [0.4, 0.5) is 30.7 Å². The van der Waals surface area contributed by atoms with Crippen molar-refractivity contribution in [3.63, 3.8) is 0 Å². The average molecular weight is 765 g/mol. The molecule has 2 aromatic heterocycles. The molecule has 2 aliphatic heterocycles. The maximum atomic E-state index is 13.1. The summed E-state index contributed by atoms with van der Waals surface area (Å²) in [7, 11) is 0. The lowest BCUT2D eigenvalue weighted by atomic mass is 10.1. The zero-order valence-corrected chi connectivity index (χ0v) is 29.6. The molecule has 2 fully saturated rings. The quantitative estimate of drug-likeness (QED) is 0.157. The average Bonchev–Trinajstić information content (AvgIpc) is 3.76. The van der Waals surface area contributed by atoms with Gasteiger partial charge in [-0.15, -0.1) is 10.2 Å². The number of aryl methyl sites for hydroxylation is 3. The molecule has 18 heteroatoms. The van der Waals surface area contributed by atoms with Crippen LogP contribution in [0.2, 0.25) is 0 Å². The number of likely N-dealkylation sites (tertiary alicyclic amines) is 1. The van der Waals surface area contributed by atoms with Gasteiger partial charge in [0.15, 0.2) is 11.6 Å². The molecule has 4 aromatic rings. The second-order valence-corrected chi connectivity index (χ2v) is 12.8. The number of carbonyl (C=O) groups is 2. The maximum absolute atomic E-state index is 13.1. The fraction of sp³-hybridized carbons (Fsp3) is 0.389. The minimum atomic E-state index is -4.45. The number of piperidine rings is 2. The van der Waals surface area contributed by atoms with Gasteiger partial charge < -0.3 is 15.3 Å². The van der Waals surface area contributed by atoms with Crippen LogP contribution in [0.25, 0.3) is 35.2 Å². The van der Waals surface area contributed by atoms with Gasteiger partial charge >= 0.3 is 12.1 Å². The van der Waals surface area contributed by atoms with E-state index in [4.69, 9.17) is 5.11 Å². The number of alkyl halides is 7. The first-order valence-corrected chi connectivity index (χ1v) is 16.7. The van der Waals surface area contributed by atoms with Crippen molar-refractivity contribution in [2.45, 2.75) is 64.5 Å².